The minimum atomic E-state index is 0.603. The highest BCUT2D eigenvalue weighted by atomic mass is 14.6. The summed E-state index contributed by atoms with van der Waals surface area (Å²) in [5, 5.41) is 0. The Morgan fingerprint density at radius 1 is 0.609 bits per heavy atom. The Morgan fingerprint density at radius 2 is 1.22 bits per heavy atom. The minimum absolute atomic E-state index is 0.603. The van der Waals surface area contributed by atoms with Crippen LogP contribution in [0.2, 0.25) is 0 Å². The van der Waals surface area contributed by atoms with Gasteiger partial charge in [0.25, 0.3) is 0 Å². The van der Waals surface area contributed by atoms with E-state index >= 15 is 0 Å². The molecule has 132 valence electrons. The Kier molecular flexibility index (Phi) is 4.57. The summed E-state index contributed by atoms with van der Waals surface area (Å²) in [5.74, 6) is 7.48. The van der Waals surface area contributed by atoms with Crippen molar-refractivity contribution in [3.63, 3.8) is 0 Å². The largest absolute Gasteiger partial charge is 0.0622 e. The van der Waals surface area contributed by atoms with E-state index in [2.05, 4.69) is 20.8 Å². The van der Waals surface area contributed by atoms with Crippen LogP contribution >= 0.6 is 0 Å². The molecule has 4 aliphatic carbocycles. The SMILES string of the molecule is CC1CCCC2C3CCCCC3C(C(C)(C)C3CCCCC3)C12. The van der Waals surface area contributed by atoms with Gasteiger partial charge in [-0.3, -0.25) is 0 Å². The normalized spacial score (nSPS) is 45.5. The topological polar surface area (TPSA) is 0 Å². The van der Waals surface area contributed by atoms with Crippen molar-refractivity contribution in [3.8, 4) is 0 Å². The molecule has 0 N–H and O–H groups in total. The summed E-state index contributed by atoms with van der Waals surface area (Å²) >= 11 is 0. The smallest absolute Gasteiger partial charge is 0.0292 e. The van der Waals surface area contributed by atoms with Crippen LogP contribution in [0.3, 0.4) is 0 Å². The van der Waals surface area contributed by atoms with Crippen molar-refractivity contribution in [1.29, 1.82) is 0 Å². The van der Waals surface area contributed by atoms with Gasteiger partial charge in [-0.1, -0.05) is 65.7 Å². The predicted octanol–water partition coefficient (Wildman–Crippen LogP) is 7.08. The summed E-state index contributed by atoms with van der Waals surface area (Å²) in [6.07, 6.45) is 18.5. The molecule has 0 spiro atoms. The molecule has 6 atom stereocenters. The lowest BCUT2D eigenvalue weighted by Crippen LogP contribution is -2.42. The second-order valence-corrected chi connectivity index (χ2v) is 10.4. The summed E-state index contributed by atoms with van der Waals surface area (Å²) < 4.78 is 0. The second-order valence-electron chi connectivity index (χ2n) is 10.4. The monoisotopic (exact) mass is 316 g/mol. The van der Waals surface area contributed by atoms with Gasteiger partial charge in [-0.15, -0.1) is 0 Å². The highest BCUT2D eigenvalue weighted by Crippen LogP contribution is 2.65. The number of hydrogen-bond donors (Lipinski definition) is 0. The van der Waals surface area contributed by atoms with E-state index < -0.39 is 0 Å². The van der Waals surface area contributed by atoms with Gasteiger partial charge in [0.15, 0.2) is 0 Å². The average Bonchev–Trinajstić information content (AvgIpc) is 2.92. The van der Waals surface area contributed by atoms with Crippen LogP contribution in [0.5, 0.6) is 0 Å². The van der Waals surface area contributed by atoms with E-state index in [1.165, 1.54) is 57.8 Å². The van der Waals surface area contributed by atoms with Crippen molar-refractivity contribution >= 4 is 0 Å². The van der Waals surface area contributed by atoms with Gasteiger partial charge in [-0.05, 0) is 78.9 Å². The number of rotatable bonds is 2. The molecule has 0 heterocycles. The Morgan fingerprint density at radius 3 is 1.96 bits per heavy atom. The van der Waals surface area contributed by atoms with Crippen LogP contribution in [0, 0.1) is 46.8 Å². The van der Waals surface area contributed by atoms with Crippen LogP contribution in [0.1, 0.15) is 97.8 Å². The fourth-order valence-corrected chi connectivity index (χ4v) is 8.22. The third-order valence-electron chi connectivity index (χ3n) is 9.17. The van der Waals surface area contributed by atoms with Gasteiger partial charge in [-0.25, -0.2) is 0 Å². The number of fused-ring (bicyclic) bond motifs is 3. The van der Waals surface area contributed by atoms with E-state index in [1.54, 1.807) is 19.3 Å². The molecule has 0 bridgehead atoms. The Hall–Kier alpha value is 0. The maximum atomic E-state index is 2.71. The summed E-state index contributed by atoms with van der Waals surface area (Å²) in [6.45, 7) is 8.05. The van der Waals surface area contributed by atoms with Crippen LogP contribution in [0.25, 0.3) is 0 Å². The standard InChI is InChI=1S/C23H40/c1-16-10-9-15-19-18-13-7-8-14-20(18)22(21(16)19)23(2,3)17-11-5-4-6-12-17/h16-22H,4-15H2,1-3H3. The van der Waals surface area contributed by atoms with Gasteiger partial charge in [0.2, 0.25) is 0 Å². The van der Waals surface area contributed by atoms with Gasteiger partial charge in [0, 0.05) is 0 Å². The molecule has 6 unspecified atom stereocenters. The van der Waals surface area contributed by atoms with Crippen molar-refractivity contribution in [3.05, 3.63) is 0 Å². The Labute approximate surface area is 145 Å². The molecule has 0 radical (unpaired) electrons. The molecule has 4 rings (SSSR count). The van der Waals surface area contributed by atoms with Crippen LogP contribution in [0.4, 0.5) is 0 Å². The summed E-state index contributed by atoms with van der Waals surface area (Å²) in [7, 11) is 0. The van der Waals surface area contributed by atoms with E-state index in [9.17, 15) is 0 Å². The molecule has 0 saturated heterocycles. The quantitative estimate of drug-likeness (QED) is 0.510. The fraction of sp³-hybridized carbons (Fsp3) is 1.00. The molecule has 0 aliphatic heterocycles. The van der Waals surface area contributed by atoms with Crippen LogP contribution in [-0.4, -0.2) is 0 Å². The second kappa shape index (κ2) is 6.38. The Balaban J connectivity index is 1.65. The van der Waals surface area contributed by atoms with Gasteiger partial charge in [0.1, 0.15) is 0 Å². The van der Waals surface area contributed by atoms with Crippen molar-refractivity contribution in [1.82, 2.24) is 0 Å². The van der Waals surface area contributed by atoms with Gasteiger partial charge >= 0.3 is 0 Å². The van der Waals surface area contributed by atoms with Gasteiger partial charge in [0.05, 0.1) is 0 Å². The zero-order valence-electron chi connectivity index (χ0n) is 16.0. The maximum absolute atomic E-state index is 2.71. The molecule has 0 heteroatoms. The third-order valence-corrected chi connectivity index (χ3v) is 9.17. The third kappa shape index (κ3) is 2.71. The van der Waals surface area contributed by atoms with Crippen LogP contribution < -0.4 is 0 Å². The molecule has 0 nitrogen and oxygen atoms in total. The highest BCUT2D eigenvalue weighted by Gasteiger charge is 2.58. The molecule has 0 aromatic rings. The van der Waals surface area contributed by atoms with E-state index in [0.717, 1.165) is 41.4 Å². The van der Waals surface area contributed by atoms with Gasteiger partial charge in [-0.2, -0.15) is 0 Å². The molecule has 0 amide bonds. The first-order chi connectivity index (χ1) is 11.1. The van der Waals surface area contributed by atoms with Crippen molar-refractivity contribution in [2.75, 3.05) is 0 Å². The molecular formula is C23H40. The zero-order valence-corrected chi connectivity index (χ0v) is 16.0. The average molecular weight is 317 g/mol. The zero-order chi connectivity index (χ0) is 16.0. The molecule has 4 saturated carbocycles. The van der Waals surface area contributed by atoms with E-state index in [0.29, 0.717) is 5.41 Å². The van der Waals surface area contributed by atoms with Crippen molar-refractivity contribution in [2.45, 2.75) is 97.8 Å². The molecule has 4 aliphatic rings. The molecule has 0 aromatic carbocycles. The van der Waals surface area contributed by atoms with E-state index in [4.69, 9.17) is 0 Å². The summed E-state index contributed by atoms with van der Waals surface area (Å²) in [4.78, 5) is 0. The van der Waals surface area contributed by atoms with E-state index in [1.807, 2.05) is 0 Å². The van der Waals surface area contributed by atoms with Gasteiger partial charge < -0.3 is 0 Å². The summed E-state index contributed by atoms with van der Waals surface area (Å²) in [5.41, 5.74) is 0.603. The summed E-state index contributed by atoms with van der Waals surface area (Å²) in [6, 6.07) is 0. The lowest BCUT2D eigenvalue weighted by atomic mass is 9.56. The first-order valence-electron chi connectivity index (χ1n) is 11.1. The van der Waals surface area contributed by atoms with Crippen LogP contribution in [0.15, 0.2) is 0 Å². The molecule has 4 fully saturated rings. The molecule has 23 heavy (non-hydrogen) atoms. The fourth-order valence-electron chi connectivity index (χ4n) is 8.22. The Bertz CT molecular complexity index is 402. The van der Waals surface area contributed by atoms with E-state index in [-0.39, 0.29) is 0 Å². The number of hydrogen-bond acceptors (Lipinski definition) is 0. The van der Waals surface area contributed by atoms with Crippen LogP contribution in [-0.2, 0) is 0 Å². The molecule has 0 aromatic heterocycles. The first kappa shape index (κ1) is 16.5. The van der Waals surface area contributed by atoms with Crippen molar-refractivity contribution in [2.24, 2.45) is 46.8 Å². The first-order valence-corrected chi connectivity index (χ1v) is 11.1. The molecular weight excluding hydrogens is 276 g/mol. The predicted molar refractivity (Wildman–Crippen MR) is 99.3 cm³/mol. The van der Waals surface area contributed by atoms with Crippen molar-refractivity contribution < 1.29 is 0 Å². The minimum Gasteiger partial charge on any atom is -0.0622 e. The lowest BCUT2D eigenvalue weighted by Gasteiger charge is -2.49. The highest BCUT2D eigenvalue weighted by molar-refractivity contribution is 5.06. The lowest BCUT2D eigenvalue weighted by molar-refractivity contribution is -0.00254. The maximum Gasteiger partial charge on any atom is -0.0292 e.